The molecule has 1 nitrogen and oxygen atoms in total. The second-order valence-electron chi connectivity index (χ2n) is 4.68. The Hall–Kier alpha value is -0.0400. The molecule has 0 aliphatic carbocycles. The fourth-order valence-corrected chi connectivity index (χ4v) is 2.52. The topological polar surface area (TPSA) is 3.24 Å². The smallest absolute Gasteiger partial charge is 0.00957 e. The van der Waals surface area contributed by atoms with Crippen molar-refractivity contribution in [2.24, 2.45) is 0 Å². The van der Waals surface area contributed by atoms with Crippen molar-refractivity contribution in [2.45, 2.75) is 71.3 Å². The summed E-state index contributed by atoms with van der Waals surface area (Å²) in [5.74, 6) is 0. The van der Waals surface area contributed by atoms with Gasteiger partial charge in [-0.15, -0.1) is 0 Å². The molecule has 0 radical (unpaired) electrons. The molecule has 1 atom stereocenters. The first-order chi connectivity index (χ1) is 6.88. The molecule has 0 aromatic carbocycles. The van der Waals surface area contributed by atoms with Crippen LogP contribution in [0.4, 0.5) is 0 Å². The second-order valence-corrected chi connectivity index (χ2v) is 4.68. The molecule has 1 heterocycles. The molecule has 1 rings (SSSR count). The molecule has 84 valence electrons. The molecule has 0 aromatic heterocycles. The Morgan fingerprint density at radius 2 is 1.86 bits per heavy atom. The maximum atomic E-state index is 2.74. The first-order valence-electron chi connectivity index (χ1n) is 6.62. The zero-order valence-corrected chi connectivity index (χ0v) is 10.1. The van der Waals surface area contributed by atoms with Crippen LogP contribution in [0.3, 0.4) is 0 Å². The normalized spacial score (nSPS) is 23.1. The van der Waals surface area contributed by atoms with Gasteiger partial charge in [0.1, 0.15) is 0 Å². The van der Waals surface area contributed by atoms with Crippen LogP contribution in [0.1, 0.15) is 65.2 Å². The lowest BCUT2D eigenvalue weighted by molar-refractivity contribution is 0.235. The highest BCUT2D eigenvalue weighted by Crippen LogP contribution is 2.22. The van der Waals surface area contributed by atoms with Crippen LogP contribution in [0.15, 0.2) is 0 Å². The van der Waals surface area contributed by atoms with E-state index in [-0.39, 0.29) is 0 Å². The molecule has 14 heavy (non-hydrogen) atoms. The summed E-state index contributed by atoms with van der Waals surface area (Å²) >= 11 is 0. The molecule has 0 spiro atoms. The van der Waals surface area contributed by atoms with Gasteiger partial charge in [0, 0.05) is 6.04 Å². The standard InChI is InChI=1S/C13H27N/c1-3-5-7-11-14-12-8-10-13(14)9-6-4-2/h13H,3-12H2,1-2H3. The minimum Gasteiger partial charge on any atom is -0.300 e. The van der Waals surface area contributed by atoms with Crippen molar-refractivity contribution >= 4 is 0 Å². The van der Waals surface area contributed by atoms with Crippen LogP contribution in [0.2, 0.25) is 0 Å². The minimum absolute atomic E-state index is 0.937. The predicted molar refractivity (Wildman–Crippen MR) is 63.6 cm³/mol. The molecule has 1 aliphatic rings. The molecule has 1 unspecified atom stereocenters. The Balaban J connectivity index is 2.14. The van der Waals surface area contributed by atoms with Gasteiger partial charge in [0.05, 0.1) is 0 Å². The van der Waals surface area contributed by atoms with Gasteiger partial charge in [0.2, 0.25) is 0 Å². The summed E-state index contributed by atoms with van der Waals surface area (Å²) in [6.07, 6.45) is 11.3. The molecule has 0 N–H and O–H groups in total. The fourth-order valence-electron chi connectivity index (χ4n) is 2.52. The van der Waals surface area contributed by atoms with Gasteiger partial charge in [-0.25, -0.2) is 0 Å². The molecule has 1 fully saturated rings. The summed E-state index contributed by atoms with van der Waals surface area (Å²) in [7, 11) is 0. The van der Waals surface area contributed by atoms with E-state index in [1.165, 1.54) is 64.5 Å². The van der Waals surface area contributed by atoms with Crippen molar-refractivity contribution < 1.29 is 0 Å². The van der Waals surface area contributed by atoms with Crippen LogP contribution < -0.4 is 0 Å². The Labute approximate surface area is 89.9 Å². The van der Waals surface area contributed by atoms with E-state index >= 15 is 0 Å². The van der Waals surface area contributed by atoms with Gasteiger partial charge >= 0.3 is 0 Å². The third kappa shape index (κ3) is 4.00. The van der Waals surface area contributed by atoms with Crippen LogP contribution in [-0.4, -0.2) is 24.0 Å². The molecule has 0 amide bonds. The predicted octanol–water partition coefficient (Wildman–Crippen LogP) is 3.83. The SMILES string of the molecule is CCCCCN1CCCC1CCCC. The van der Waals surface area contributed by atoms with E-state index in [1.807, 2.05) is 0 Å². The van der Waals surface area contributed by atoms with Gasteiger partial charge in [-0.1, -0.05) is 39.5 Å². The van der Waals surface area contributed by atoms with Crippen molar-refractivity contribution in [3.63, 3.8) is 0 Å². The number of nitrogens with zero attached hydrogens (tertiary/aromatic N) is 1. The average molecular weight is 197 g/mol. The maximum Gasteiger partial charge on any atom is 0.00957 e. The molecule has 1 heteroatoms. The molecule has 0 aromatic rings. The van der Waals surface area contributed by atoms with Gasteiger partial charge in [-0.3, -0.25) is 0 Å². The van der Waals surface area contributed by atoms with E-state index in [0.717, 1.165) is 6.04 Å². The van der Waals surface area contributed by atoms with E-state index in [9.17, 15) is 0 Å². The summed E-state index contributed by atoms with van der Waals surface area (Å²) in [5, 5.41) is 0. The lowest BCUT2D eigenvalue weighted by atomic mass is 10.1. The highest BCUT2D eigenvalue weighted by molar-refractivity contribution is 4.78. The van der Waals surface area contributed by atoms with E-state index in [4.69, 9.17) is 0 Å². The summed E-state index contributed by atoms with van der Waals surface area (Å²) < 4.78 is 0. The molecule has 1 saturated heterocycles. The first kappa shape index (κ1) is 12.0. The quantitative estimate of drug-likeness (QED) is 0.561. The van der Waals surface area contributed by atoms with Crippen LogP contribution in [0, 0.1) is 0 Å². The Kier molecular flexibility index (Phi) is 6.25. The molecule has 1 aliphatic heterocycles. The van der Waals surface area contributed by atoms with Gasteiger partial charge in [0.25, 0.3) is 0 Å². The number of rotatable bonds is 7. The Morgan fingerprint density at radius 1 is 1.07 bits per heavy atom. The summed E-state index contributed by atoms with van der Waals surface area (Å²) in [4.78, 5) is 2.74. The second kappa shape index (κ2) is 7.28. The highest BCUT2D eigenvalue weighted by Gasteiger charge is 2.22. The lowest BCUT2D eigenvalue weighted by Gasteiger charge is -2.24. The lowest BCUT2D eigenvalue weighted by Crippen LogP contribution is -2.30. The van der Waals surface area contributed by atoms with Crippen molar-refractivity contribution in [3.8, 4) is 0 Å². The van der Waals surface area contributed by atoms with Gasteiger partial charge in [-0.05, 0) is 38.8 Å². The van der Waals surface area contributed by atoms with Gasteiger partial charge in [0.15, 0.2) is 0 Å². The average Bonchev–Trinajstić information content (AvgIpc) is 2.63. The first-order valence-corrected chi connectivity index (χ1v) is 6.62. The molecule has 0 bridgehead atoms. The van der Waals surface area contributed by atoms with Crippen molar-refractivity contribution in [1.29, 1.82) is 0 Å². The third-order valence-electron chi connectivity index (χ3n) is 3.44. The fraction of sp³-hybridized carbons (Fsp3) is 1.00. The summed E-state index contributed by atoms with van der Waals surface area (Å²) in [6, 6.07) is 0.937. The molecular formula is C13H27N. The number of hydrogen-bond acceptors (Lipinski definition) is 1. The number of likely N-dealkylation sites (tertiary alicyclic amines) is 1. The van der Waals surface area contributed by atoms with Crippen LogP contribution in [0.5, 0.6) is 0 Å². The summed E-state index contributed by atoms with van der Waals surface area (Å²) in [6.45, 7) is 7.33. The van der Waals surface area contributed by atoms with Crippen LogP contribution in [-0.2, 0) is 0 Å². The minimum atomic E-state index is 0.937. The Morgan fingerprint density at radius 3 is 2.57 bits per heavy atom. The van der Waals surface area contributed by atoms with Gasteiger partial charge < -0.3 is 4.90 Å². The number of unbranched alkanes of at least 4 members (excludes halogenated alkanes) is 3. The third-order valence-corrected chi connectivity index (χ3v) is 3.44. The van der Waals surface area contributed by atoms with Crippen LogP contribution >= 0.6 is 0 Å². The van der Waals surface area contributed by atoms with Crippen LogP contribution in [0.25, 0.3) is 0 Å². The van der Waals surface area contributed by atoms with E-state index in [1.54, 1.807) is 0 Å². The molecular weight excluding hydrogens is 170 g/mol. The zero-order chi connectivity index (χ0) is 10.2. The monoisotopic (exact) mass is 197 g/mol. The van der Waals surface area contributed by atoms with E-state index in [2.05, 4.69) is 18.7 Å². The zero-order valence-electron chi connectivity index (χ0n) is 10.1. The van der Waals surface area contributed by atoms with E-state index < -0.39 is 0 Å². The van der Waals surface area contributed by atoms with E-state index in [0.29, 0.717) is 0 Å². The highest BCUT2D eigenvalue weighted by atomic mass is 15.2. The van der Waals surface area contributed by atoms with Crippen molar-refractivity contribution in [1.82, 2.24) is 4.90 Å². The largest absolute Gasteiger partial charge is 0.300 e. The molecule has 0 saturated carbocycles. The van der Waals surface area contributed by atoms with Crippen molar-refractivity contribution in [3.05, 3.63) is 0 Å². The Bertz CT molecular complexity index is 133. The maximum absolute atomic E-state index is 2.74. The van der Waals surface area contributed by atoms with Gasteiger partial charge in [-0.2, -0.15) is 0 Å². The number of hydrogen-bond donors (Lipinski definition) is 0. The van der Waals surface area contributed by atoms with Crippen molar-refractivity contribution in [2.75, 3.05) is 13.1 Å². The summed E-state index contributed by atoms with van der Waals surface area (Å²) in [5.41, 5.74) is 0.